The Morgan fingerprint density at radius 1 is 1.33 bits per heavy atom. The molecule has 0 amide bonds. The number of nitrogens with zero attached hydrogens (tertiary/aromatic N) is 4. The Labute approximate surface area is 117 Å². The second-order valence-corrected chi connectivity index (χ2v) is 4.23. The number of hydrogen-bond acceptors (Lipinski definition) is 5. The first kappa shape index (κ1) is 13.0. The van der Waals surface area contributed by atoms with Gasteiger partial charge in [-0.15, -0.1) is 5.10 Å². The van der Waals surface area contributed by atoms with Gasteiger partial charge in [0.05, 0.1) is 12.4 Å². The highest BCUT2D eigenvalue weighted by molar-refractivity contribution is 5.84. The summed E-state index contributed by atoms with van der Waals surface area (Å²) in [7, 11) is 0. The van der Waals surface area contributed by atoms with Crippen molar-refractivity contribution in [3.05, 3.63) is 54.1 Å². The van der Waals surface area contributed by atoms with Crippen molar-refractivity contribution in [1.82, 2.24) is 20.0 Å². The number of carboxylic acid groups (broad SMARTS) is 1. The number of aromatic carboxylic acids is 1. The lowest BCUT2D eigenvalue weighted by molar-refractivity contribution is 0.0690. The fourth-order valence-electron chi connectivity index (χ4n) is 1.74. The maximum atomic E-state index is 12.8. The predicted molar refractivity (Wildman–Crippen MR) is 68.0 cm³/mol. The Hall–Kier alpha value is -3.03. The highest BCUT2D eigenvalue weighted by atomic mass is 19.1. The Morgan fingerprint density at radius 2 is 2.10 bits per heavy atom. The van der Waals surface area contributed by atoms with Crippen LogP contribution in [0.4, 0.5) is 4.39 Å². The van der Waals surface area contributed by atoms with Crippen LogP contribution >= 0.6 is 0 Å². The van der Waals surface area contributed by atoms with Crippen molar-refractivity contribution in [2.45, 2.75) is 6.54 Å². The summed E-state index contributed by atoms with van der Waals surface area (Å²) in [6.45, 7) is 0.154. The van der Waals surface area contributed by atoms with Crippen LogP contribution in [0.1, 0.15) is 16.4 Å². The summed E-state index contributed by atoms with van der Waals surface area (Å²) in [5.74, 6) is -0.650. The number of halogens is 1. The molecule has 106 valence electrons. The lowest BCUT2D eigenvalue weighted by Gasteiger charge is -1.96. The molecule has 0 bridgehead atoms. The Bertz CT molecular complexity index is 779. The van der Waals surface area contributed by atoms with Crippen LogP contribution in [0.3, 0.4) is 0 Å². The smallest absolute Gasteiger partial charge is 0.358 e. The van der Waals surface area contributed by atoms with Crippen LogP contribution in [0.25, 0.3) is 11.3 Å². The first-order valence-electron chi connectivity index (χ1n) is 5.96. The second-order valence-electron chi connectivity index (χ2n) is 4.23. The molecule has 2 aromatic heterocycles. The summed E-state index contributed by atoms with van der Waals surface area (Å²) in [5.41, 5.74) is 0.542. The molecule has 0 radical (unpaired) electrons. The molecule has 7 nitrogen and oxygen atoms in total. The average Bonchev–Trinajstić information content (AvgIpc) is 3.10. The van der Waals surface area contributed by atoms with Gasteiger partial charge in [0.2, 0.25) is 5.89 Å². The van der Waals surface area contributed by atoms with Gasteiger partial charge < -0.3 is 9.52 Å². The van der Waals surface area contributed by atoms with Crippen LogP contribution in [0, 0.1) is 5.82 Å². The maximum Gasteiger partial charge on any atom is 0.358 e. The van der Waals surface area contributed by atoms with Crippen molar-refractivity contribution in [1.29, 1.82) is 0 Å². The van der Waals surface area contributed by atoms with E-state index in [1.54, 1.807) is 12.1 Å². The standard InChI is InChI=1S/C13H9FN4O3/c14-9-3-1-8(2-4-9)11-5-15-12(21-11)7-18-6-10(13(19)20)16-17-18/h1-6H,7H2,(H,19,20). The van der Waals surface area contributed by atoms with E-state index in [2.05, 4.69) is 15.3 Å². The van der Waals surface area contributed by atoms with Gasteiger partial charge >= 0.3 is 5.97 Å². The van der Waals surface area contributed by atoms with Crippen molar-refractivity contribution >= 4 is 5.97 Å². The molecule has 0 atom stereocenters. The molecule has 3 aromatic rings. The third kappa shape index (κ3) is 2.78. The molecule has 0 aliphatic carbocycles. The average molecular weight is 288 g/mol. The predicted octanol–water partition coefficient (Wildman–Crippen LogP) is 1.82. The van der Waals surface area contributed by atoms with Crippen LogP contribution < -0.4 is 0 Å². The summed E-state index contributed by atoms with van der Waals surface area (Å²) in [6.07, 6.45) is 2.79. The van der Waals surface area contributed by atoms with E-state index in [-0.39, 0.29) is 18.1 Å². The number of oxazole rings is 1. The van der Waals surface area contributed by atoms with Gasteiger partial charge in [-0.2, -0.15) is 0 Å². The third-order valence-corrected chi connectivity index (χ3v) is 2.74. The fourth-order valence-corrected chi connectivity index (χ4v) is 1.74. The molecule has 0 unspecified atom stereocenters. The van der Waals surface area contributed by atoms with Gasteiger partial charge in [-0.25, -0.2) is 18.9 Å². The van der Waals surface area contributed by atoms with Crippen LogP contribution in [0.5, 0.6) is 0 Å². The van der Waals surface area contributed by atoms with Crippen molar-refractivity contribution in [3.63, 3.8) is 0 Å². The van der Waals surface area contributed by atoms with Crippen LogP contribution in [-0.4, -0.2) is 31.1 Å². The van der Waals surface area contributed by atoms with Gasteiger partial charge in [-0.3, -0.25) is 0 Å². The summed E-state index contributed by atoms with van der Waals surface area (Å²) >= 11 is 0. The maximum absolute atomic E-state index is 12.8. The second kappa shape index (κ2) is 5.16. The molecule has 0 fully saturated rings. The van der Waals surface area contributed by atoms with Gasteiger partial charge in [0.25, 0.3) is 0 Å². The number of carboxylic acids is 1. The molecule has 0 aliphatic rings. The van der Waals surface area contributed by atoms with Gasteiger partial charge in [-0.1, -0.05) is 5.21 Å². The summed E-state index contributed by atoms with van der Waals surface area (Å²) in [4.78, 5) is 14.8. The lowest BCUT2D eigenvalue weighted by Crippen LogP contribution is -2.00. The van der Waals surface area contributed by atoms with Crippen LogP contribution in [-0.2, 0) is 6.54 Å². The quantitative estimate of drug-likeness (QED) is 0.787. The molecule has 2 heterocycles. The molecule has 3 rings (SSSR count). The van der Waals surface area contributed by atoms with E-state index >= 15 is 0 Å². The topological polar surface area (TPSA) is 94.0 Å². The fraction of sp³-hybridized carbons (Fsp3) is 0.0769. The Morgan fingerprint density at radius 3 is 2.76 bits per heavy atom. The largest absolute Gasteiger partial charge is 0.476 e. The van der Waals surface area contributed by atoms with E-state index in [0.29, 0.717) is 17.2 Å². The lowest BCUT2D eigenvalue weighted by atomic mass is 10.2. The molecule has 8 heteroatoms. The van der Waals surface area contributed by atoms with E-state index in [4.69, 9.17) is 9.52 Å². The normalized spacial score (nSPS) is 10.7. The number of benzene rings is 1. The van der Waals surface area contributed by atoms with Gasteiger partial charge in [0, 0.05) is 5.56 Å². The summed E-state index contributed by atoms with van der Waals surface area (Å²) in [6, 6.07) is 5.82. The molecule has 0 saturated carbocycles. The number of aromatic nitrogens is 4. The zero-order valence-electron chi connectivity index (χ0n) is 10.6. The van der Waals surface area contributed by atoms with E-state index in [9.17, 15) is 9.18 Å². The van der Waals surface area contributed by atoms with Crippen molar-refractivity contribution in [2.75, 3.05) is 0 Å². The Balaban J connectivity index is 1.78. The van der Waals surface area contributed by atoms with Gasteiger partial charge in [0.1, 0.15) is 12.4 Å². The van der Waals surface area contributed by atoms with Crippen molar-refractivity contribution in [3.8, 4) is 11.3 Å². The zero-order valence-corrected chi connectivity index (χ0v) is 10.6. The van der Waals surface area contributed by atoms with E-state index in [0.717, 1.165) is 0 Å². The van der Waals surface area contributed by atoms with Crippen LogP contribution in [0.15, 0.2) is 41.1 Å². The van der Waals surface area contributed by atoms with Crippen LogP contribution in [0.2, 0.25) is 0 Å². The minimum Gasteiger partial charge on any atom is -0.476 e. The molecular weight excluding hydrogens is 279 g/mol. The van der Waals surface area contributed by atoms with E-state index in [1.165, 1.54) is 29.2 Å². The summed E-state index contributed by atoms with van der Waals surface area (Å²) < 4.78 is 19.7. The minimum absolute atomic E-state index is 0.152. The van der Waals surface area contributed by atoms with E-state index < -0.39 is 5.97 Å². The third-order valence-electron chi connectivity index (χ3n) is 2.74. The first-order chi connectivity index (χ1) is 10.1. The first-order valence-corrected chi connectivity index (χ1v) is 5.96. The molecule has 1 N–H and O–H groups in total. The number of hydrogen-bond donors (Lipinski definition) is 1. The van der Waals surface area contributed by atoms with E-state index in [1.807, 2.05) is 0 Å². The molecular formula is C13H9FN4O3. The molecule has 0 saturated heterocycles. The minimum atomic E-state index is -1.15. The highest BCUT2D eigenvalue weighted by Gasteiger charge is 2.11. The Kier molecular flexibility index (Phi) is 3.19. The molecule has 0 spiro atoms. The van der Waals surface area contributed by atoms with Crippen molar-refractivity contribution < 1.29 is 18.7 Å². The van der Waals surface area contributed by atoms with Gasteiger partial charge in [0.15, 0.2) is 11.5 Å². The summed E-state index contributed by atoms with van der Waals surface area (Å²) in [5, 5.41) is 15.9. The van der Waals surface area contributed by atoms with Crippen molar-refractivity contribution in [2.24, 2.45) is 0 Å². The SMILES string of the molecule is O=C(O)c1cn(Cc2ncc(-c3ccc(F)cc3)o2)nn1. The zero-order chi connectivity index (χ0) is 14.8. The van der Waals surface area contributed by atoms with Gasteiger partial charge in [-0.05, 0) is 24.3 Å². The number of rotatable bonds is 4. The number of carbonyl (C=O) groups is 1. The molecule has 21 heavy (non-hydrogen) atoms. The monoisotopic (exact) mass is 288 g/mol. The highest BCUT2D eigenvalue weighted by Crippen LogP contribution is 2.20. The molecule has 0 aliphatic heterocycles. The molecule has 1 aromatic carbocycles.